The maximum atomic E-state index is 12.4. The fraction of sp³-hybridized carbons (Fsp3) is 0.706. The molecule has 24 heavy (non-hydrogen) atoms. The van der Waals surface area contributed by atoms with E-state index in [-0.39, 0.29) is 18.4 Å². The summed E-state index contributed by atoms with van der Waals surface area (Å²) in [6.07, 6.45) is 6.26. The van der Waals surface area contributed by atoms with E-state index in [0.717, 1.165) is 47.8 Å². The molecule has 0 spiro atoms. The van der Waals surface area contributed by atoms with E-state index in [9.17, 15) is 9.59 Å². The van der Waals surface area contributed by atoms with Crippen molar-refractivity contribution in [2.45, 2.75) is 63.5 Å². The standard InChI is InChI=1S/C17H26N4O2S/c1-2-7-18-16(23)9-21-17(13-10-24-11-14(13)20-21)19-15(22)8-12-5-3-4-6-12/h12H,2-11H2,1H3,(H,18,23)(H,19,22). The first-order chi connectivity index (χ1) is 11.7. The first-order valence-corrected chi connectivity index (χ1v) is 10.1. The van der Waals surface area contributed by atoms with E-state index in [1.54, 1.807) is 16.4 Å². The number of rotatable bonds is 7. The highest BCUT2D eigenvalue weighted by molar-refractivity contribution is 7.98. The van der Waals surface area contributed by atoms with Crippen molar-refractivity contribution in [2.75, 3.05) is 11.9 Å². The van der Waals surface area contributed by atoms with Crippen molar-refractivity contribution in [1.82, 2.24) is 15.1 Å². The summed E-state index contributed by atoms with van der Waals surface area (Å²) in [6.45, 7) is 2.85. The Hall–Kier alpha value is -1.50. The summed E-state index contributed by atoms with van der Waals surface area (Å²) in [4.78, 5) is 24.4. The van der Waals surface area contributed by atoms with Gasteiger partial charge in [0.2, 0.25) is 11.8 Å². The molecule has 2 amide bonds. The Kier molecular flexibility index (Phi) is 5.81. The maximum Gasteiger partial charge on any atom is 0.241 e. The molecule has 1 aromatic rings. The molecule has 132 valence electrons. The lowest BCUT2D eigenvalue weighted by atomic mass is 10.0. The van der Waals surface area contributed by atoms with Gasteiger partial charge in [0.25, 0.3) is 0 Å². The minimum Gasteiger partial charge on any atom is -0.355 e. The van der Waals surface area contributed by atoms with Crippen LogP contribution in [0, 0.1) is 5.92 Å². The van der Waals surface area contributed by atoms with Crippen LogP contribution < -0.4 is 10.6 Å². The van der Waals surface area contributed by atoms with Crippen LogP contribution in [0.2, 0.25) is 0 Å². The molecule has 1 fully saturated rings. The molecule has 1 aliphatic heterocycles. The molecule has 0 saturated heterocycles. The largest absolute Gasteiger partial charge is 0.355 e. The normalized spacial score (nSPS) is 17.0. The summed E-state index contributed by atoms with van der Waals surface area (Å²) < 4.78 is 1.67. The quantitative estimate of drug-likeness (QED) is 0.793. The molecule has 2 aliphatic rings. The summed E-state index contributed by atoms with van der Waals surface area (Å²) in [6, 6.07) is 0. The van der Waals surface area contributed by atoms with Gasteiger partial charge in [-0.25, -0.2) is 4.68 Å². The lowest BCUT2D eigenvalue weighted by Crippen LogP contribution is -2.29. The number of amides is 2. The zero-order valence-electron chi connectivity index (χ0n) is 14.3. The molecule has 2 heterocycles. The summed E-state index contributed by atoms with van der Waals surface area (Å²) >= 11 is 1.80. The summed E-state index contributed by atoms with van der Waals surface area (Å²) in [7, 11) is 0. The van der Waals surface area contributed by atoms with Gasteiger partial charge in [-0.2, -0.15) is 16.9 Å². The summed E-state index contributed by atoms with van der Waals surface area (Å²) in [5.41, 5.74) is 2.09. The SMILES string of the molecule is CCCNC(=O)Cn1nc2c(c1NC(=O)CC1CCCC1)CSC2. The molecule has 1 aliphatic carbocycles. The molecular formula is C17H26N4O2S. The molecule has 0 radical (unpaired) electrons. The zero-order chi connectivity index (χ0) is 16.9. The first-order valence-electron chi connectivity index (χ1n) is 8.90. The fourth-order valence-electron chi connectivity index (χ4n) is 3.44. The number of hydrogen-bond acceptors (Lipinski definition) is 4. The van der Waals surface area contributed by atoms with Crippen molar-refractivity contribution in [2.24, 2.45) is 5.92 Å². The molecule has 6 nitrogen and oxygen atoms in total. The van der Waals surface area contributed by atoms with Crippen molar-refractivity contribution in [1.29, 1.82) is 0 Å². The predicted octanol–water partition coefficient (Wildman–Crippen LogP) is 2.67. The van der Waals surface area contributed by atoms with Gasteiger partial charge in [0.15, 0.2) is 0 Å². The van der Waals surface area contributed by atoms with Gasteiger partial charge in [-0.3, -0.25) is 9.59 Å². The molecule has 3 rings (SSSR count). The highest BCUT2D eigenvalue weighted by Gasteiger charge is 2.26. The second kappa shape index (κ2) is 8.05. The van der Waals surface area contributed by atoms with Gasteiger partial charge in [0, 0.05) is 30.0 Å². The second-order valence-electron chi connectivity index (χ2n) is 6.68. The first kappa shape index (κ1) is 17.3. The van der Waals surface area contributed by atoms with E-state index in [1.165, 1.54) is 12.8 Å². The van der Waals surface area contributed by atoms with E-state index in [0.29, 0.717) is 18.9 Å². The Bertz CT molecular complexity index is 608. The number of nitrogens with zero attached hydrogens (tertiary/aromatic N) is 2. The van der Waals surface area contributed by atoms with E-state index in [4.69, 9.17) is 0 Å². The monoisotopic (exact) mass is 350 g/mol. The average Bonchev–Trinajstić information content (AvgIpc) is 3.26. The van der Waals surface area contributed by atoms with Gasteiger partial charge >= 0.3 is 0 Å². The minimum absolute atomic E-state index is 0.0525. The van der Waals surface area contributed by atoms with Crippen LogP contribution >= 0.6 is 11.8 Å². The van der Waals surface area contributed by atoms with Crippen LogP contribution in [0.25, 0.3) is 0 Å². The topological polar surface area (TPSA) is 76.0 Å². The highest BCUT2D eigenvalue weighted by Crippen LogP contribution is 2.35. The third-order valence-electron chi connectivity index (χ3n) is 4.69. The zero-order valence-corrected chi connectivity index (χ0v) is 15.1. The van der Waals surface area contributed by atoms with E-state index >= 15 is 0 Å². The third kappa shape index (κ3) is 4.12. The molecule has 0 aromatic carbocycles. The Morgan fingerprint density at radius 3 is 2.79 bits per heavy atom. The Morgan fingerprint density at radius 1 is 1.25 bits per heavy atom. The van der Waals surface area contributed by atoms with Crippen LogP contribution in [-0.4, -0.2) is 28.1 Å². The average molecular weight is 350 g/mol. The number of carbonyl (C=O) groups excluding carboxylic acids is 2. The molecule has 1 aromatic heterocycles. The van der Waals surface area contributed by atoms with Crippen LogP contribution in [0.1, 0.15) is 56.7 Å². The van der Waals surface area contributed by atoms with Crippen LogP contribution in [0.15, 0.2) is 0 Å². The smallest absolute Gasteiger partial charge is 0.241 e. The lowest BCUT2D eigenvalue weighted by molar-refractivity contribution is -0.122. The lowest BCUT2D eigenvalue weighted by Gasteiger charge is -2.13. The number of nitrogens with one attached hydrogen (secondary N) is 2. The van der Waals surface area contributed by atoms with Crippen molar-refractivity contribution in [3.8, 4) is 0 Å². The van der Waals surface area contributed by atoms with Gasteiger partial charge in [-0.15, -0.1) is 0 Å². The van der Waals surface area contributed by atoms with E-state index in [2.05, 4.69) is 15.7 Å². The molecule has 0 unspecified atom stereocenters. The molecule has 7 heteroatoms. The number of hydrogen-bond donors (Lipinski definition) is 2. The second-order valence-corrected chi connectivity index (χ2v) is 7.66. The number of fused-ring (bicyclic) bond motifs is 1. The van der Waals surface area contributed by atoms with Gasteiger partial charge in [0.1, 0.15) is 12.4 Å². The van der Waals surface area contributed by atoms with E-state index in [1.807, 2.05) is 6.92 Å². The van der Waals surface area contributed by atoms with Crippen molar-refractivity contribution in [3.63, 3.8) is 0 Å². The van der Waals surface area contributed by atoms with E-state index < -0.39 is 0 Å². The molecule has 1 saturated carbocycles. The number of aromatic nitrogens is 2. The van der Waals surface area contributed by atoms with Crippen LogP contribution in [0.4, 0.5) is 5.82 Å². The molecule has 0 atom stereocenters. The molecular weight excluding hydrogens is 324 g/mol. The number of anilines is 1. The molecule has 2 N–H and O–H groups in total. The van der Waals surface area contributed by atoms with Gasteiger partial charge < -0.3 is 10.6 Å². The van der Waals surface area contributed by atoms with Crippen LogP contribution in [0.5, 0.6) is 0 Å². The Labute approximate surface area is 147 Å². The highest BCUT2D eigenvalue weighted by atomic mass is 32.2. The summed E-state index contributed by atoms with van der Waals surface area (Å²) in [5, 5.41) is 10.5. The Balaban J connectivity index is 1.68. The number of thioether (sulfide) groups is 1. The van der Waals surface area contributed by atoms with Crippen molar-refractivity contribution in [3.05, 3.63) is 11.3 Å². The number of carbonyl (C=O) groups is 2. The summed E-state index contributed by atoms with van der Waals surface area (Å²) in [5.74, 6) is 2.94. The van der Waals surface area contributed by atoms with Gasteiger partial charge in [0.05, 0.1) is 5.69 Å². The van der Waals surface area contributed by atoms with Crippen molar-refractivity contribution < 1.29 is 9.59 Å². The Morgan fingerprint density at radius 2 is 2.04 bits per heavy atom. The van der Waals surface area contributed by atoms with Crippen molar-refractivity contribution >= 4 is 29.4 Å². The molecule has 0 bridgehead atoms. The fourth-order valence-corrected chi connectivity index (χ4v) is 4.47. The third-order valence-corrected chi connectivity index (χ3v) is 5.66. The maximum absolute atomic E-state index is 12.4. The predicted molar refractivity (Wildman–Crippen MR) is 95.7 cm³/mol. The van der Waals surface area contributed by atoms with Crippen LogP contribution in [-0.2, 0) is 27.6 Å². The van der Waals surface area contributed by atoms with Gasteiger partial charge in [-0.1, -0.05) is 19.8 Å². The van der Waals surface area contributed by atoms with Crippen LogP contribution in [0.3, 0.4) is 0 Å². The van der Waals surface area contributed by atoms with Gasteiger partial charge in [-0.05, 0) is 25.2 Å². The minimum atomic E-state index is -0.0584.